The third-order valence-corrected chi connectivity index (χ3v) is 5.16. The van der Waals surface area contributed by atoms with Gasteiger partial charge < -0.3 is 4.90 Å². The van der Waals surface area contributed by atoms with Gasteiger partial charge in [-0.15, -0.1) is 0 Å². The molecule has 0 bridgehead atoms. The lowest BCUT2D eigenvalue weighted by Crippen LogP contribution is -2.42. The van der Waals surface area contributed by atoms with Crippen LogP contribution < -0.4 is 0 Å². The molecule has 1 aromatic carbocycles. The van der Waals surface area contributed by atoms with Gasteiger partial charge >= 0.3 is 6.03 Å². The molecule has 0 aromatic heterocycles. The molecule has 1 unspecified atom stereocenters. The van der Waals surface area contributed by atoms with Crippen LogP contribution in [0.5, 0.6) is 0 Å². The van der Waals surface area contributed by atoms with E-state index in [4.69, 9.17) is 0 Å². The molecule has 2 fully saturated rings. The molecule has 1 aromatic rings. The van der Waals surface area contributed by atoms with Crippen LogP contribution in [0, 0.1) is 0 Å². The zero-order valence-electron chi connectivity index (χ0n) is 12.1. The Morgan fingerprint density at radius 2 is 1.67 bits per heavy atom. The summed E-state index contributed by atoms with van der Waals surface area (Å²) in [7, 11) is 0. The molecule has 1 saturated heterocycles. The Labute approximate surface area is 124 Å². The van der Waals surface area contributed by atoms with Gasteiger partial charge in [-0.2, -0.15) is 0 Å². The first-order chi connectivity index (χ1) is 10.3. The van der Waals surface area contributed by atoms with E-state index in [1.165, 1.54) is 17.5 Å². The number of hydrogen-bond acceptors (Lipinski definition) is 2. The highest BCUT2D eigenvalue weighted by Crippen LogP contribution is 2.34. The molecule has 1 saturated carbocycles. The van der Waals surface area contributed by atoms with Crippen molar-refractivity contribution in [3.8, 4) is 0 Å². The molecule has 0 radical (unpaired) electrons. The molecule has 2 heterocycles. The number of nitrogens with zero attached hydrogens (tertiary/aromatic N) is 2. The average molecular weight is 284 g/mol. The quantitative estimate of drug-likeness (QED) is 0.744. The van der Waals surface area contributed by atoms with Crippen molar-refractivity contribution >= 4 is 11.9 Å². The van der Waals surface area contributed by atoms with Gasteiger partial charge in [0, 0.05) is 19.0 Å². The number of rotatable bonds is 1. The fourth-order valence-electron chi connectivity index (χ4n) is 4.01. The van der Waals surface area contributed by atoms with E-state index in [1.807, 2.05) is 12.1 Å². The Bertz CT molecular complexity index is 549. The molecule has 21 heavy (non-hydrogen) atoms. The maximum Gasteiger partial charge on any atom is 0.328 e. The Morgan fingerprint density at radius 1 is 0.952 bits per heavy atom. The molecule has 4 heteroatoms. The molecule has 2 aliphatic heterocycles. The maximum atomic E-state index is 12.7. The molecular weight excluding hydrogens is 264 g/mol. The Hall–Kier alpha value is -1.84. The molecule has 4 nitrogen and oxygen atoms in total. The Balaban J connectivity index is 1.63. The molecule has 0 spiro atoms. The first-order valence-corrected chi connectivity index (χ1v) is 7.96. The number of urea groups is 1. The van der Waals surface area contributed by atoms with E-state index >= 15 is 0 Å². The number of fused-ring (bicyclic) bond motifs is 2. The number of imide groups is 1. The zero-order valence-corrected chi connectivity index (χ0v) is 12.1. The highest BCUT2D eigenvalue weighted by atomic mass is 16.2. The minimum atomic E-state index is -0.269. The monoisotopic (exact) mass is 284 g/mol. The average Bonchev–Trinajstić information content (AvgIpc) is 2.77. The number of benzene rings is 1. The van der Waals surface area contributed by atoms with E-state index in [2.05, 4.69) is 12.1 Å². The van der Waals surface area contributed by atoms with Gasteiger partial charge in [-0.25, -0.2) is 4.79 Å². The number of carbonyl (C=O) groups is 2. The van der Waals surface area contributed by atoms with Crippen molar-refractivity contribution in [1.29, 1.82) is 0 Å². The van der Waals surface area contributed by atoms with Crippen LogP contribution in [0.3, 0.4) is 0 Å². The van der Waals surface area contributed by atoms with E-state index in [-0.39, 0.29) is 24.0 Å². The fraction of sp³-hybridized carbons (Fsp3) is 0.529. The summed E-state index contributed by atoms with van der Waals surface area (Å²) >= 11 is 0. The summed E-state index contributed by atoms with van der Waals surface area (Å²) in [5.41, 5.74) is 2.39. The van der Waals surface area contributed by atoms with E-state index in [0.29, 0.717) is 13.0 Å². The van der Waals surface area contributed by atoms with E-state index < -0.39 is 0 Å². The minimum Gasteiger partial charge on any atom is -0.308 e. The second-order valence-corrected chi connectivity index (χ2v) is 6.40. The predicted molar refractivity (Wildman–Crippen MR) is 78.6 cm³/mol. The van der Waals surface area contributed by atoms with Crippen molar-refractivity contribution in [2.75, 3.05) is 0 Å². The first kappa shape index (κ1) is 12.9. The SMILES string of the molecule is O=C1C2Cc3ccccc3CN2C(=O)N1C1CCCCC1. The molecule has 3 amide bonds. The number of amides is 3. The smallest absolute Gasteiger partial charge is 0.308 e. The summed E-state index contributed by atoms with van der Waals surface area (Å²) in [6.07, 6.45) is 6.12. The van der Waals surface area contributed by atoms with E-state index in [9.17, 15) is 9.59 Å². The summed E-state index contributed by atoms with van der Waals surface area (Å²) < 4.78 is 0. The number of hydrogen-bond donors (Lipinski definition) is 0. The van der Waals surface area contributed by atoms with Gasteiger partial charge in [-0.1, -0.05) is 43.5 Å². The Morgan fingerprint density at radius 3 is 2.43 bits per heavy atom. The van der Waals surface area contributed by atoms with E-state index in [1.54, 1.807) is 9.80 Å². The summed E-state index contributed by atoms with van der Waals surface area (Å²) in [5.74, 6) is 0.0291. The first-order valence-electron chi connectivity index (χ1n) is 7.96. The summed E-state index contributed by atoms with van der Waals surface area (Å²) in [6, 6.07) is 7.95. The topological polar surface area (TPSA) is 40.6 Å². The molecular formula is C17H20N2O2. The van der Waals surface area contributed by atoms with Crippen molar-refractivity contribution in [1.82, 2.24) is 9.80 Å². The number of carbonyl (C=O) groups excluding carboxylic acids is 2. The highest BCUT2D eigenvalue weighted by Gasteiger charge is 2.49. The minimum absolute atomic E-state index is 0.0291. The van der Waals surface area contributed by atoms with Gasteiger partial charge in [0.25, 0.3) is 5.91 Å². The normalized spacial score (nSPS) is 26.0. The molecule has 1 aliphatic carbocycles. The summed E-state index contributed by atoms with van der Waals surface area (Å²) in [4.78, 5) is 28.8. The third-order valence-electron chi connectivity index (χ3n) is 5.16. The van der Waals surface area contributed by atoms with Crippen LogP contribution in [0.15, 0.2) is 24.3 Å². The van der Waals surface area contributed by atoms with Crippen molar-refractivity contribution in [2.45, 2.75) is 57.2 Å². The van der Waals surface area contributed by atoms with Crippen molar-refractivity contribution < 1.29 is 9.59 Å². The lowest BCUT2D eigenvalue weighted by Gasteiger charge is -2.30. The zero-order chi connectivity index (χ0) is 14.4. The van der Waals surface area contributed by atoms with Crippen LogP contribution in [0.2, 0.25) is 0 Å². The summed E-state index contributed by atoms with van der Waals surface area (Å²) in [6.45, 7) is 0.578. The van der Waals surface area contributed by atoms with Gasteiger partial charge in [-0.3, -0.25) is 9.69 Å². The standard InChI is InChI=1S/C17H20N2O2/c20-16-15-10-12-6-4-5-7-13(12)11-18(15)17(21)19(16)14-8-2-1-3-9-14/h4-7,14-15H,1-3,8-11H2. The lowest BCUT2D eigenvalue weighted by atomic mass is 9.93. The van der Waals surface area contributed by atoms with Crippen molar-refractivity contribution in [3.63, 3.8) is 0 Å². The van der Waals surface area contributed by atoms with Crippen LogP contribution in [0.4, 0.5) is 4.79 Å². The van der Waals surface area contributed by atoms with Gasteiger partial charge in [0.05, 0.1) is 0 Å². The Kier molecular flexibility index (Phi) is 2.98. The van der Waals surface area contributed by atoms with Gasteiger partial charge in [0.15, 0.2) is 0 Å². The van der Waals surface area contributed by atoms with E-state index in [0.717, 1.165) is 25.7 Å². The van der Waals surface area contributed by atoms with Crippen molar-refractivity contribution in [2.24, 2.45) is 0 Å². The molecule has 1 atom stereocenters. The second kappa shape index (κ2) is 4.86. The fourth-order valence-corrected chi connectivity index (χ4v) is 4.01. The lowest BCUT2D eigenvalue weighted by molar-refractivity contribution is -0.130. The molecule has 4 rings (SSSR count). The summed E-state index contributed by atoms with van der Waals surface area (Å²) in [5, 5.41) is 0. The van der Waals surface area contributed by atoms with Gasteiger partial charge in [0.1, 0.15) is 6.04 Å². The van der Waals surface area contributed by atoms with Crippen LogP contribution >= 0.6 is 0 Å². The van der Waals surface area contributed by atoms with Gasteiger partial charge in [0.2, 0.25) is 0 Å². The van der Waals surface area contributed by atoms with Crippen molar-refractivity contribution in [3.05, 3.63) is 35.4 Å². The van der Waals surface area contributed by atoms with Crippen LogP contribution in [-0.2, 0) is 17.8 Å². The van der Waals surface area contributed by atoms with Crippen LogP contribution in [-0.4, -0.2) is 33.8 Å². The third kappa shape index (κ3) is 1.96. The molecule has 110 valence electrons. The maximum absolute atomic E-state index is 12.7. The predicted octanol–water partition coefficient (Wildman–Crippen LogP) is 2.71. The highest BCUT2D eigenvalue weighted by molar-refractivity contribution is 6.05. The molecule has 0 N–H and O–H groups in total. The molecule has 3 aliphatic rings. The largest absolute Gasteiger partial charge is 0.328 e. The van der Waals surface area contributed by atoms with Gasteiger partial charge in [-0.05, 0) is 24.0 Å². The second-order valence-electron chi connectivity index (χ2n) is 6.40. The van der Waals surface area contributed by atoms with Crippen LogP contribution in [0.1, 0.15) is 43.2 Å². The van der Waals surface area contributed by atoms with Crippen LogP contribution in [0.25, 0.3) is 0 Å².